The number of piperazine rings is 1. The number of esters is 1. The summed E-state index contributed by atoms with van der Waals surface area (Å²) in [5.41, 5.74) is 0.830. The number of amides is 2. The second kappa shape index (κ2) is 12.4. The third-order valence-corrected chi connectivity index (χ3v) is 8.22. The number of aromatic amines is 1. The normalized spacial score (nSPS) is 20.4. The zero-order chi connectivity index (χ0) is 27.4. The molecule has 38 heavy (non-hydrogen) atoms. The number of likely N-dealkylation sites (N-methyl/N-ethyl adjacent to an activating group) is 1. The van der Waals surface area contributed by atoms with Gasteiger partial charge in [-0.3, -0.25) is 9.59 Å². The lowest BCUT2D eigenvalue weighted by molar-refractivity contribution is 0.0519. The van der Waals surface area contributed by atoms with E-state index in [-0.39, 0.29) is 47.0 Å². The average Bonchev–Trinajstić information content (AvgIpc) is 3.53. The molecular formula is C24H34ClN7O5S. The summed E-state index contributed by atoms with van der Waals surface area (Å²) in [6.45, 7) is 7.47. The molecule has 2 amide bonds. The number of hydrogen-bond acceptors (Lipinski definition) is 10. The third kappa shape index (κ3) is 6.11. The number of H-pyrrole nitrogens is 1. The molecule has 2 aliphatic heterocycles. The van der Waals surface area contributed by atoms with Crippen LogP contribution in [0.3, 0.4) is 0 Å². The molecule has 2 saturated heterocycles. The first-order valence-corrected chi connectivity index (χ1v) is 13.9. The van der Waals surface area contributed by atoms with Crippen LogP contribution in [0.25, 0.3) is 0 Å². The topological polar surface area (TPSA) is 133 Å². The molecule has 0 radical (unpaired) electrons. The van der Waals surface area contributed by atoms with Crippen molar-refractivity contribution in [3.05, 3.63) is 27.2 Å². The number of imidazole rings is 1. The van der Waals surface area contributed by atoms with Crippen LogP contribution in [-0.2, 0) is 15.9 Å². The van der Waals surface area contributed by atoms with Crippen LogP contribution in [0.15, 0.2) is 0 Å². The van der Waals surface area contributed by atoms with E-state index >= 15 is 0 Å². The molecule has 12 nitrogen and oxygen atoms in total. The molecule has 14 heteroatoms. The molecule has 2 atom stereocenters. The maximum atomic E-state index is 13.3. The number of rotatable bonds is 8. The maximum Gasteiger partial charge on any atom is 0.350 e. The molecule has 2 aliphatic rings. The SMILES string of the molecule is CCOC(=O)c1sc(N2CC[C@H](NC(=O)c3nc(Cl)c(CC)[nH]3)[C@H](OC)C2)nc1C(=O)N1CCN(C)CC1. The highest BCUT2D eigenvalue weighted by molar-refractivity contribution is 7.17. The van der Waals surface area contributed by atoms with Crippen molar-refractivity contribution >= 4 is 45.9 Å². The van der Waals surface area contributed by atoms with E-state index in [2.05, 4.69) is 25.2 Å². The summed E-state index contributed by atoms with van der Waals surface area (Å²) in [6, 6.07) is -0.270. The molecule has 2 aromatic rings. The number of aryl methyl sites for hydroxylation is 1. The van der Waals surface area contributed by atoms with Gasteiger partial charge in [0.1, 0.15) is 4.88 Å². The van der Waals surface area contributed by atoms with Gasteiger partial charge in [0.15, 0.2) is 21.8 Å². The lowest BCUT2D eigenvalue weighted by Crippen LogP contribution is -2.55. The fraction of sp³-hybridized carbons (Fsp3) is 0.625. The molecule has 0 bridgehead atoms. The molecule has 0 spiro atoms. The zero-order valence-electron chi connectivity index (χ0n) is 22.1. The van der Waals surface area contributed by atoms with Crippen LogP contribution >= 0.6 is 22.9 Å². The van der Waals surface area contributed by atoms with E-state index in [1.165, 1.54) is 0 Å². The van der Waals surface area contributed by atoms with Crippen LogP contribution < -0.4 is 10.2 Å². The first-order valence-electron chi connectivity index (χ1n) is 12.7. The van der Waals surface area contributed by atoms with Gasteiger partial charge in [-0.05, 0) is 26.8 Å². The second-order valence-electron chi connectivity index (χ2n) is 9.29. The molecule has 0 aliphatic carbocycles. The number of aromatic nitrogens is 3. The molecule has 2 N–H and O–H groups in total. The Hall–Kier alpha value is -2.74. The van der Waals surface area contributed by atoms with Crippen molar-refractivity contribution in [1.82, 2.24) is 30.1 Å². The van der Waals surface area contributed by atoms with Gasteiger partial charge in [0.05, 0.1) is 24.4 Å². The van der Waals surface area contributed by atoms with Crippen molar-refractivity contribution in [2.45, 2.75) is 38.8 Å². The molecule has 2 aromatic heterocycles. The minimum atomic E-state index is -0.553. The van der Waals surface area contributed by atoms with Crippen molar-refractivity contribution in [3.63, 3.8) is 0 Å². The smallest absolute Gasteiger partial charge is 0.350 e. The number of methoxy groups -OCH3 is 1. The Morgan fingerprint density at radius 1 is 1.16 bits per heavy atom. The van der Waals surface area contributed by atoms with E-state index in [1.54, 1.807) is 18.9 Å². The number of halogens is 1. The van der Waals surface area contributed by atoms with Crippen LogP contribution in [0.5, 0.6) is 0 Å². The number of piperidine rings is 1. The number of anilines is 1. The Bertz CT molecular complexity index is 1160. The second-order valence-corrected chi connectivity index (χ2v) is 10.6. The summed E-state index contributed by atoms with van der Waals surface area (Å²) >= 11 is 7.24. The van der Waals surface area contributed by atoms with Gasteiger partial charge in [-0.2, -0.15) is 0 Å². The number of ether oxygens (including phenoxy) is 2. The molecule has 0 unspecified atom stereocenters. The van der Waals surface area contributed by atoms with Gasteiger partial charge in [0.25, 0.3) is 11.8 Å². The third-order valence-electron chi connectivity index (χ3n) is 6.82. The number of thiazole rings is 1. The van der Waals surface area contributed by atoms with Crippen molar-refractivity contribution in [3.8, 4) is 0 Å². The number of nitrogens with zero attached hydrogens (tertiary/aromatic N) is 5. The average molecular weight is 568 g/mol. The fourth-order valence-electron chi connectivity index (χ4n) is 4.54. The van der Waals surface area contributed by atoms with Gasteiger partial charge < -0.3 is 34.5 Å². The van der Waals surface area contributed by atoms with E-state index in [0.717, 1.165) is 24.4 Å². The summed E-state index contributed by atoms with van der Waals surface area (Å²) in [7, 11) is 3.60. The summed E-state index contributed by atoms with van der Waals surface area (Å²) in [4.78, 5) is 56.6. The Morgan fingerprint density at radius 3 is 2.53 bits per heavy atom. The predicted octanol–water partition coefficient (Wildman–Crippen LogP) is 1.67. The number of hydrogen-bond donors (Lipinski definition) is 2. The van der Waals surface area contributed by atoms with Crippen LogP contribution in [0.2, 0.25) is 5.15 Å². The van der Waals surface area contributed by atoms with Crippen molar-refractivity contribution in [2.24, 2.45) is 0 Å². The summed E-state index contributed by atoms with van der Waals surface area (Å²) in [6.07, 6.45) is 0.851. The molecular weight excluding hydrogens is 534 g/mol. The van der Waals surface area contributed by atoms with E-state index in [1.807, 2.05) is 18.9 Å². The number of nitrogens with one attached hydrogen (secondary N) is 2. The van der Waals surface area contributed by atoms with Gasteiger partial charge in [0, 0.05) is 46.4 Å². The van der Waals surface area contributed by atoms with Gasteiger partial charge in [-0.15, -0.1) is 0 Å². The minimum Gasteiger partial charge on any atom is -0.462 e. The van der Waals surface area contributed by atoms with Gasteiger partial charge in [0.2, 0.25) is 0 Å². The van der Waals surface area contributed by atoms with E-state index in [4.69, 9.17) is 21.1 Å². The predicted molar refractivity (Wildman–Crippen MR) is 143 cm³/mol. The monoisotopic (exact) mass is 567 g/mol. The van der Waals surface area contributed by atoms with Gasteiger partial charge in [-0.25, -0.2) is 14.8 Å². The molecule has 0 saturated carbocycles. The molecule has 2 fully saturated rings. The van der Waals surface area contributed by atoms with E-state index in [0.29, 0.717) is 55.0 Å². The highest BCUT2D eigenvalue weighted by Crippen LogP contribution is 2.31. The molecule has 4 heterocycles. The zero-order valence-corrected chi connectivity index (χ0v) is 23.7. The first-order chi connectivity index (χ1) is 18.2. The lowest BCUT2D eigenvalue weighted by Gasteiger charge is -2.37. The quantitative estimate of drug-likeness (QED) is 0.457. The van der Waals surface area contributed by atoms with Gasteiger partial charge >= 0.3 is 5.97 Å². The fourth-order valence-corrected chi connectivity index (χ4v) is 5.80. The van der Waals surface area contributed by atoms with Crippen LogP contribution in [0, 0.1) is 0 Å². The number of carbonyl (C=O) groups excluding carboxylic acids is 3. The molecule has 208 valence electrons. The largest absolute Gasteiger partial charge is 0.462 e. The summed E-state index contributed by atoms with van der Waals surface area (Å²) in [5, 5.41) is 3.83. The van der Waals surface area contributed by atoms with Crippen LogP contribution in [-0.4, -0.2) is 115 Å². The summed E-state index contributed by atoms with van der Waals surface area (Å²) < 4.78 is 10.9. The van der Waals surface area contributed by atoms with Crippen molar-refractivity contribution in [2.75, 3.05) is 64.9 Å². The standard InChI is InChI=1S/C24H34ClN7O5S/c1-5-14-19(25)29-20(26-14)21(33)27-15-7-8-32(13-16(15)36-4)24-28-17(18(38-24)23(35)37-6-2)22(34)31-11-9-30(3)10-12-31/h15-16H,5-13H2,1-4H3,(H,26,29)(H,27,33)/t15-,16+/m0/s1. The highest BCUT2D eigenvalue weighted by atomic mass is 35.5. The van der Waals surface area contributed by atoms with Crippen LogP contribution in [0.4, 0.5) is 5.13 Å². The van der Waals surface area contributed by atoms with Gasteiger partial charge in [-0.1, -0.05) is 29.9 Å². The number of carbonyl (C=O) groups is 3. The van der Waals surface area contributed by atoms with E-state index in [9.17, 15) is 14.4 Å². The first kappa shape index (κ1) is 28.3. The van der Waals surface area contributed by atoms with Crippen molar-refractivity contribution in [1.29, 1.82) is 0 Å². The van der Waals surface area contributed by atoms with Crippen LogP contribution in [0.1, 0.15) is 56.7 Å². The Morgan fingerprint density at radius 2 is 1.89 bits per heavy atom. The molecule has 0 aromatic carbocycles. The maximum absolute atomic E-state index is 13.3. The Kier molecular flexibility index (Phi) is 9.23. The van der Waals surface area contributed by atoms with Crippen molar-refractivity contribution < 1.29 is 23.9 Å². The highest BCUT2D eigenvalue weighted by Gasteiger charge is 2.35. The van der Waals surface area contributed by atoms with E-state index < -0.39 is 5.97 Å². The lowest BCUT2D eigenvalue weighted by atomic mass is 10.0. The summed E-state index contributed by atoms with van der Waals surface area (Å²) in [5.74, 6) is -1.01. The Balaban J connectivity index is 1.49. The Labute approximate surface area is 230 Å². The minimum absolute atomic E-state index is 0.124. The molecule has 4 rings (SSSR count).